The molecule has 0 bridgehead atoms. The number of ether oxygens (including phenoxy) is 2. The summed E-state index contributed by atoms with van der Waals surface area (Å²) in [6.07, 6.45) is 0.982. The standard InChI is InChI=1S/C34H37N3O4S.C2H4N2O2/c38-42(39,34-17-11-29(12-18-34)28-7-3-1-4-8-28)37-22-21-36(27-31(37)19-20-35-23-25-40-26-24-35)30-13-15-33(16-14-30)41-32-9-5-2-6-10-32;3-2(6)4-1-5/h1-18,31H,19-27H2;1H,(H3,3,4,5,6). The maximum absolute atomic E-state index is 14.0. The lowest BCUT2D eigenvalue weighted by Gasteiger charge is -2.42. The SMILES string of the molecule is NC(=O)NC=O.O=S(=O)(c1ccc(-c2ccccc2)cc1)N1CCN(c2ccc(Oc3ccccc3)cc2)CC1CCN1CCOCC1. The highest BCUT2D eigenvalue weighted by atomic mass is 32.2. The Bertz CT molecular complexity index is 1700. The van der Waals surface area contributed by atoms with Crippen LogP contribution in [0.3, 0.4) is 0 Å². The van der Waals surface area contributed by atoms with Crippen LogP contribution >= 0.6 is 0 Å². The highest BCUT2D eigenvalue weighted by Gasteiger charge is 2.36. The minimum Gasteiger partial charge on any atom is -0.457 e. The number of carbonyl (C=O) groups is 2. The van der Waals surface area contributed by atoms with Crippen molar-refractivity contribution in [1.82, 2.24) is 14.5 Å². The number of nitrogens with two attached hydrogens (primary N) is 1. The van der Waals surface area contributed by atoms with E-state index in [1.807, 2.05) is 84.9 Å². The van der Waals surface area contributed by atoms with Crippen molar-refractivity contribution in [2.45, 2.75) is 17.4 Å². The number of carbonyl (C=O) groups excluding carboxylic acids is 2. The third-order valence-electron chi connectivity index (χ3n) is 8.26. The number of nitrogens with zero attached hydrogens (tertiary/aromatic N) is 3. The Morgan fingerprint density at radius 2 is 1.42 bits per heavy atom. The van der Waals surface area contributed by atoms with Gasteiger partial charge >= 0.3 is 6.03 Å². The van der Waals surface area contributed by atoms with Crippen LogP contribution in [0.4, 0.5) is 10.5 Å². The van der Waals surface area contributed by atoms with Crippen molar-refractivity contribution in [2.24, 2.45) is 5.73 Å². The van der Waals surface area contributed by atoms with Gasteiger partial charge in [0.05, 0.1) is 18.1 Å². The number of rotatable bonds is 10. The molecule has 48 heavy (non-hydrogen) atoms. The Morgan fingerprint density at radius 1 is 0.812 bits per heavy atom. The lowest BCUT2D eigenvalue weighted by atomic mass is 10.1. The highest BCUT2D eigenvalue weighted by Crippen LogP contribution is 2.30. The molecule has 252 valence electrons. The van der Waals surface area contributed by atoms with Crippen LogP contribution in [0.1, 0.15) is 6.42 Å². The van der Waals surface area contributed by atoms with E-state index in [0.717, 1.165) is 67.6 Å². The molecule has 2 aliphatic heterocycles. The van der Waals surface area contributed by atoms with Gasteiger partial charge in [-0.1, -0.05) is 60.7 Å². The van der Waals surface area contributed by atoms with E-state index in [0.29, 0.717) is 24.5 Å². The molecule has 4 aromatic rings. The lowest BCUT2D eigenvalue weighted by Crippen LogP contribution is -2.56. The van der Waals surface area contributed by atoms with Crippen LogP contribution in [0.5, 0.6) is 11.5 Å². The van der Waals surface area contributed by atoms with E-state index in [9.17, 15) is 18.0 Å². The number of hydrogen-bond acceptors (Lipinski definition) is 8. The Hall–Kier alpha value is -4.75. The van der Waals surface area contributed by atoms with Crippen LogP contribution in [-0.2, 0) is 19.6 Å². The van der Waals surface area contributed by atoms with Gasteiger partial charge in [-0.15, -0.1) is 0 Å². The van der Waals surface area contributed by atoms with Gasteiger partial charge in [0.2, 0.25) is 16.4 Å². The lowest BCUT2D eigenvalue weighted by molar-refractivity contribution is -0.108. The van der Waals surface area contributed by atoms with Gasteiger partial charge in [-0.2, -0.15) is 4.31 Å². The van der Waals surface area contributed by atoms with Crippen molar-refractivity contribution in [3.63, 3.8) is 0 Å². The van der Waals surface area contributed by atoms with Gasteiger partial charge in [0.15, 0.2) is 0 Å². The maximum atomic E-state index is 14.0. The molecule has 2 saturated heterocycles. The summed E-state index contributed by atoms with van der Waals surface area (Å²) in [5.41, 5.74) is 7.56. The summed E-state index contributed by atoms with van der Waals surface area (Å²) >= 11 is 0. The van der Waals surface area contributed by atoms with Crippen LogP contribution in [0.25, 0.3) is 11.1 Å². The predicted molar refractivity (Wildman–Crippen MR) is 185 cm³/mol. The van der Waals surface area contributed by atoms with Crippen molar-refractivity contribution >= 4 is 28.2 Å². The zero-order chi connectivity index (χ0) is 33.8. The summed E-state index contributed by atoms with van der Waals surface area (Å²) in [6, 6.07) is 34.1. The van der Waals surface area contributed by atoms with Crippen LogP contribution in [0.15, 0.2) is 114 Å². The third kappa shape index (κ3) is 9.41. The molecule has 2 heterocycles. The first-order valence-electron chi connectivity index (χ1n) is 15.9. The number of para-hydroxylation sites is 1. The molecule has 12 heteroatoms. The molecule has 2 aliphatic rings. The van der Waals surface area contributed by atoms with E-state index < -0.39 is 16.1 Å². The van der Waals surface area contributed by atoms with E-state index >= 15 is 0 Å². The first-order valence-corrected chi connectivity index (χ1v) is 17.3. The van der Waals surface area contributed by atoms with E-state index in [4.69, 9.17) is 9.47 Å². The minimum absolute atomic E-state index is 0.152. The number of anilines is 1. The molecule has 0 saturated carbocycles. The van der Waals surface area contributed by atoms with E-state index in [1.54, 1.807) is 21.8 Å². The molecule has 1 unspecified atom stereocenters. The maximum Gasteiger partial charge on any atom is 0.318 e. The van der Waals surface area contributed by atoms with Crippen LogP contribution in [0.2, 0.25) is 0 Å². The molecule has 6 rings (SSSR count). The second-order valence-electron chi connectivity index (χ2n) is 11.4. The number of primary amides is 1. The minimum atomic E-state index is -3.67. The third-order valence-corrected chi connectivity index (χ3v) is 10.2. The molecule has 3 amide bonds. The van der Waals surface area contributed by atoms with Crippen molar-refractivity contribution < 1.29 is 27.5 Å². The zero-order valence-electron chi connectivity index (χ0n) is 26.7. The monoisotopic (exact) mass is 671 g/mol. The normalized spacial score (nSPS) is 17.1. The molecule has 0 spiro atoms. The zero-order valence-corrected chi connectivity index (χ0v) is 27.5. The van der Waals surface area contributed by atoms with E-state index in [1.165, 1.54) is 0 Å². The topological polar surface area (TPSA) is 135 Å². The summed E-state index contributed by atoms with van der Waals surface area (Å²) in [4.78, 5) is 23.7. The molecular weight excluding hydrogens is 630 g/mol. The van der Waals surface area contributed by atoms with Gasteiger partial charge in [0.1, 0.15) is 11.5 Å². The Kier molecular flexibility index (Phi) is 12.2. The van der Waals surface area contributed by atoms with Gasteiger partial charge < -0.3 is 20.1 Å². The first-order chi connectivity index (χ1) is 23.3. The summed E-state index contributed by atoms with van der Waals surface area (Å²) in [7, 11) is -3.67. The molecular formula is C36H41N5O6S. The average Bonchev–Trinajstić information content (AvgIpc) is 3.12. The van der Waals surface area contributed by atoms with E-state index in [2.05, 4.69) is 27.7 Å². The second kappa shape index (κ2) is 16.9. The van der Waals surface area contributed by atoms with Gasteiger partial charge in [-0.25, -0.2) is 13.2 Å². The number of hydrogen-bond donors (Lipinski definition) is 2. The van der Waals surface area contributed by atoms with Gasteiger partial charge in [0.25, 0.3) is 0 Å². The molecule has 11 nitrogen and oxygen atoms in total. The smallest absolute Gasteiger partial charge is 0.318 e. The van der Waals surface area contributed by atoms with Crippen molar-refractivity contribution in [3.05, 3.63) is 109 Å². The second-order valence-corrected chi connectivity index (χ2v) is 13.3. The van der Waals surface area contributed by atoms with Crippen molar-refractivity contribution in [1.29, 1.82) is 0 Å². The number of piperazine rings is 1. The van der Waals surface area contributed by atoms with E-state index in [-0.39, 0.29) is 12.5 Å². The number of amides is 3. The fourth-order valence-corrected chi connectivity index (χ4v) is 7.41. The summed E-state index contributed by atoms with van der Waals surface area (Å²) in [5, 5.41) is 1.67. The molecule has 1 atom stereocenters. The fraction of sp³-hybridized carbons (Fsp3) is 0.278. The van der Waals surface area contributed by atoms with Crippen LogP contribution in [0, 0.1) is 0 Å². The van der Waals surface area contributed by atoms with Crippen molar-refractivity contribution in [3.8, 4) is 22.6 Å². The van der Waals surface area contributed by atoms with Crippen LogP contribution < -0.4 is 20.7 Å². The number of nitrogens with one attached hydrogen (secondary N) is 1. The molecule has 0 aliphatic carbocycles. The van der Waals surface area contributed by atoms with Crippen LogP contribution in [-0.4, -0.2) is 88.6 Å². The summed E-state index contributed by atoms with van der Waals surface area (Å²) in [6.45, 7) is 5.73. The summed E-state index contributed by atoms with van der Waals surface area (Å²) < 4.78 is 41.3. The average molecular weight is 672 g/mol. The molecule has 0 radical (unpaired) electrons. The molecule has 3 N–H and O–H groups in total. The number of benzene rings is 4. The largest absolute Gasteiger partial charge is 0.457 e. The Balaban J connectivity index is 0.000000689. The number of urea groups is 1. The number of morpholine rings is 1. The van der Waals surface area contributed by atoms with Gasteiger partial charge in [0, 0.05) is 44.5 Å². The van der Waals surface area contributed by atoms with Gasteiger partial charge in [-0.3, -0.25) is 15.0 Å². The molecule has 2 fully saturated rings. The number of sulfonamides is 1. The molecule has 4 aromatic carbocycles. The molecule has 0 aromatic heterocycles. The predicted octanol–water partition coefficient (Wildman–Crippen LogP) is 4.56. The Labute approximate surface area is 281 Å². The summed E-state index contributed by atoms with van der Waals surface area (Å²) in [5.74, 6) is 1.57. The van der Waals surface area contributed by atoms with Crippen molar-refractivity contribution in [2.75, 3.05) is 57.4 Å². The van der Waals surface area contributed by atoms with Gasteiger partial charge in [-0.05, 0) is 72.6 Å². The fourth-order valence-electron chi connectivity index (χ4n) is 5.77. The quantitative estimate of drug-likeness (QED) is 0.235. The first kappa shape index (κ1) is 34.6. The Morgan fingerprint density at radius 3 is 2.02 bits per heavy atom. The number of imide groups is 1. The highest BCUT2D eigenvalue weighted by molar-refractivity contribution is 7.89.